The molecular weight excluding hydrogens is 352 g/mol. The Bertz CT molecular complexity index is 889. The van der Waals surface area contributed by atoms with Crippen LogP contribution in [0.15, 0.2) is 47.5 Å². The Morgan fingerprint density at radius 1 is 1.12 bits per heavy atom. The molecule has 1 aromatic heterocycles. The zero-order valence-electron chi connectivity index (χ0n) is 14.8. The van der Waals surface area contributed by atoms with Crippen LogP contribution in [-0.2, 0) is 10.0 Å². The van der Waals surface area contributed by atoms with Crippen molar-refractivity contribution < 1.29 is 13.2 Å². The van der Waals surface area contributed by atoms with E-state index in [1.807, 2.05) is 0 Å². The summed E-state index contributed by atoms with van der Waals surface area (Å²) in [5.74, 6) is 0.428. The van der Waals surface area contributed by atoms with E-state index in [9.17, 15) is 13.2 Å². The number of rotatable bonds is 5. The van der Waals surface area contributed by atoms with E-state index < -0.39 is 10.0 Å². The molecule has 0 saturated carbocycles. The van der Waals surface area contributed by atoms with Crippen LogP contribution in [0.25, 0.3) is 0 Å². The second-order valence-corrected chi connectivity index (χ2v) is 8.49. The van der Waals surface area contributed by atoms with Gasteiger partial charge in [0.15, 0.2) is 0 Å². The highest BCUT2D eigenvalue weighted by Gasteiger charge is 2.21. The van der Waals surface area contributed by atoms with Gasteiger partial charge in [-0.3, -0.25) is 4.79 Å². The Kier molecular flexibility index (Phi) is 5.24. The summed E-state index contributed by atoms with van der Waals surface area (Å²) < 4.78 is 25.4. The highest BCUT2D eigenvalue weighted by Crippen LogP contribution is 2.23. The van der Waals surface area contributed by atoms with E-state index in [1.165, 1.54) is 26.2 Å². The van der Waals surface area contributed by atoms with Crippen molar-refractivity contribution in [2.24, 2.45) is 0 Å². The largest absolute Gasteiger partial charge is 0.356 e. The average Bonchev–Trinajstić information content (AvgIpc) is 3.16. The molecule has 26 heavy (non-hydrogen) atoms. The van der Waals surface area contributed by atoms with E-state index in [0.717, 1.165) is 30.2 Å². The number of nitrogens with one attached hydrogen (secondary N) is 1. The number of carbonyl (C=O) groups excluding carboxylic acids is 1. The van der Waals surface area contributed by atoms with E-state index in [0.29, 0.717) is 17.1 Å². The smallest absolute Gasteiger partial charge is 0.259 e. The number of amides is 1. The summed E-state index contributed by atoms with van der Waals surface area (Å²) in [6, 6.07) is 9.62. The summed E-state index contributed by atoms with van der Waals surface area (Å²) >= 11 is 0. The third-order valence-corrected chi connectivity index (χ3v) is 6.16. The van der Waals surface area contributed by atoms with Crippen LogP contribution < -0.4 is 10.2 Å². The molecule has 0 bridgehead atoms. The van der Waals surface area contributed by atoms with Crippen molar-refractivity contribution in [2.75, 3.05) is 37.4 Å². The molecule has 1 saturated heterocycles. The van der Waals surface area contributed by atoms with Crippen LogP contribution in [0, 0.1) is 0 Å². The summed E-state index contributed by atoms with van der Waals surface area (Å²) in [7, 11) is -0.529. The first-order chi connectivity index (χ1) is 12.4. The fraction of sp³-hybridized carbons (Fsp3) is 0.333. The van der Waals surface area contributed by atoms with Crippen molar-refractivity contribution in [3.05, 3.63) is 48.2 Å². The molecule has 1 aliphatic heterocycles. The number of hydrogen-bond acceptors (Lipinski definition) is 5. The Labute approximate surface area is 153 Å². The van der Waals surface area contributed by atoms with E-state index in [-0.39, 0.29) is 10.8 Å². The van der Waals surface area contributed by atoms with E-state index in [2.05, 4.69) is 15.2 Å². The summed E-state index contributed by atoms with van der Waals surface area (Å²) in [5.41, 5.74) is 1.04. The third kappa shape index (κ3) is 3.71. The first kappa shape index (κ1) is 18.3. The monoisotopic (exact) mass is 374 g/mol. The van der Waals surface area contributed by atoms with Gasteiger partial charge >= 0.3 is 0 Å². The van der Waals surface area contributed by atoms with Gasteiger partial charge in [0, 0.05) is 39.1 Å². The molecule has 1 amide bonds. The van der Waals surface area contributed by atoms with Gasteiger partial charge in [-0.2, -0.15) is 0 Å². The van der Waals surface area contributed by atoms with Gasteiger partial charge in [0.25, 0.3) is 5.91 Å². The van der Waals surface area contributed by atoms with Gasteiger partial charge in [-0.25, -0.2) is 17.7 Å². The Hall–Kier alpha value is -2.45. The number of aromatic nitrogens is 1. The number of nitrogens with zero attached hydrogens (tertiary/aromatic N) is 3. The van der Waals surface area contributed by atoms with Crippen molar-refractivity contribution in [3.8, 4) is 0 Å². The fourth-order valence-electron chi connectivity index (χ4n) is 2.87. The number of benzene rings is 1. The van der Waals surface area contributed by atoms with Crippen molar-refractivity contribution in [2.45, 2.75) is 17.7 Å². The molecule has 1 fully saturated rings. The molecule has 1 aliphatic rings. The standard InChI is InChI=1S/C18H22N4O3S/c1-21(2)26(24,25)15-9-7-14(8-10-15)20-18(23)16-6-5-11-19-17(16)22-12-3-4-13-22/h5-11H,3-4,12-13H2,1-2H3,(H,20,23). The average molecular weight is 374 g/mol. The molecule has 2 aromatic rings. The molecule has 7 nitrogen and oxygen atoms in total. The van der Waals surface area contributed by atoms with Crippen LogP contribution >= 0.6 is 0 Å². The molecule has 0 spiro atoms. The quantitative estimate of drug-likeness (QED) is 0.867. The van der Waals surface area contributed by atoms with Gasteiger partial charge in [-0.1, -0.05) is 0 Å². The predicted octanol–water partition coefficient (Wildman–Crippen LogP) is 2.18. The molecule has 2 heterocycles. The zero-order valence-corrected chi connectivity index (χ0v) is 15.7. The molecule has 8 heteroatoms. The predicted molar refractivity (Wildman–Crippen MR) is 101 cm³/mol. The Morgan fingerprint density at radius 3 is 2.38 bits per heavy atom. The van der Waals surface area contributed by atoms with Crippen LogP contribution in [-0.4, -0.2) is 50.8 Å². The fourth-order valence-corrected chi connectivity index (χ4v) is 3.78. The lowest BCUT2D eigenvalue weighted by atomic mass is 10.2. The lowest BCUT2D eigenvalue weighted by Crippen LogP contribution is -2.24. The summed E-state index contributed by atoms with van der Waals surface area (Å²) in [6.07, 6.45) is 3.88. The highest BCUT2D eigenvalue weighted by molar-refractivity contribution is 7.89. The number of hydrogen-bond donors (Lipinski definition) is 1. The van der Waals surface area contributed by atoms with Gasteiger partial charge in [0.2, 0.25) is 10.0 Å². The first-order valence-electron chi connectivity index (χ1n) is 8.43. The first-order valence-corrected chi connectivity index (χ1v) is 9.87. The minimum absolute atomic E-state index is 0.180. The summed E-state index contributed by atoms with van der Waals surface area (Å²) in [4.78, 5) is 19.3. The molecule has 1 aromatic carbocycles. The molecule has 1 N–H and O–H groups in total. The van der Waals surface area contributed by atoms with Crippen LogP contribution in [0.5, 0.6) is 0 Å². The minimum atomic E-state index is -3.49. The lowest BCUT2D eigenvalue weighted by molar-refractivity contribution is 0.102. The van der Waals surface area contributed by atoms with Crippen LogP contribution in [0.3, 0.4) is 0 Å². The molecule has 0 radical (unpaired) electrons. The van der Waals surface area contributed by atoms with E-state index in [1.54, 1.807) is 30.5 Å². The lowest BCUT2D eigenvalue weighted by Gasteiger charge is -2.19. The van der Waals surface area contributed by atoms with Gasteiger partial charge in [0.05, 0.1) is 10.5 Å². The zero-order chi connectivity index (χ0) is 18.7. The molecular formula is C18H22N4O3S. The molecule has 0 atom stereocenters. The van der Waals surface area contributed by atoms with Crippen LogP contribution in [0.4, 0.5) is 11.5 Å². The topological polar surface area (TPSA) is 82.6 Å². The van der Waals surface area contributed by atoms with Crippen molar-refractivity contribution in [3.63, 3.8) is 0 Å². The van der Waals surface area contributed by atoms with Gasteiger partial charge in [-0.05, 0) is 49.2 Å². The Balaban J connectivity index is 1.79. The van der Waals surface area contributed by atoms with Gasteiger partial charge in [0.1, 0.15) is 5.82 Å². The van der Waals surface area contributed by atoms with Crippen molar-refractivity contribution in [1.82, 2.24) is 9.29 Å². The maximum atomic E-state index is 12.7. The molecule has 3 rings (SSSR count). The summed E-state index contributed by atoms with van der Waals surface area (Å²) in [5, 5.41) is 2.82. The van der Waals surface area contributed by atoms with Crippen LogP contribution in [0.1, 0.15) is 23.2 Å². The number of carbonyl (C=O) groups is 1. The summed E-state index contributed by atoms with van der Waals surface area (Å²) in [6.45, 7) is 1.79. The van der Waals surface area contributed by atoms with Gasteiger partial charge in [-0.15, -0.1) is 0 Å². The molecule has 0 aliphatic carbocycles. The van der Waals surface area contributed by atoms with Crippen molar-refractivity contribution in [1.29, 1.82) is 0 Å². The third-order valence-electron chi connectivity index (χ3n) is 4.33. The van der Waals surface area contributed by atoms with Crippen LogP contribution in [0.2, 0.25) is 0 Å². The normalized spacial score (nSPS) is 14.7. The van der Waals surface area contributed by atoms with Crippen molar-refractivity contribution >= 4 is 27.4 Å². The number of anilines is 2. The molecule has 0 unspecified atom stereocenters. The van der Waals surface area contributed by atoms with E-state index >= 15 is 0 Å². The SMILES string of the molecule is CN(C)S(=O)(=O)c1ccc(NC(=O)c2cccnc2N2CCCC2)cc1. The number of sulfonamides is 1. The Morgan fingerprint density at radius 2 is 1.77 bits per heavy atom. The second-order valence-electron chi connectivity index (χ2n) is 6.33. The minimum Gasteiger partial charge on any atom is -0.356 e. The highest BCUT2D eigenvalue weighted by atomic mass is 32.2. The maximum Gasteiger partial charge on any atom is 0.259 e. The maximum absolute atomic E-state index is 12.7. The van der Waals surface area contributed by atoms with Gasteiger partial charge < -0.3 is 10.2 Å². The number of pyridine rings is 1. The second kappa shape index (κ2) is 7.43. The molecule has 138 valence electrons. The van der Waals surface area contributed by atoms with E-state index in [4.69, 9.17) is 0 Å².